The van der Waals surface area contributed by atoms with Crippen LogP contribution in [-0.4, -0.2) is 9.97 Å². The Bertz CT molecular complexity index is 278. The molecule has 2 heterocycles. The summed E-state index contributed by atoms with van der Waals surface area (Å²) in [5.41, 5.74) is -0.360. The van der Waals surface area contributed by atoms with Gasteiger partial charge in [0.2, 0.25) is 11.6 Å². The zero-order valence-electron chi connectivity index (χ0n) is 3.84. The van der Waals surface area contributed by atoms with E-state index in [0.717, 1.165) is 0 Å². The number of fused-ring (bicyclic) bond motifs is 1. The van der Waals surface area contributed by atoms with Crippen LogP contribution in [0, 0.1) is 0 Å². The molecule has 1 aliphatic rings. The third-order valence-corrected chi connectivity index (χ3v) is 0.914. The molecule has 0 radical (unpaired) electrons. The summed E-state index contributed by atoms with van der Waals surface area (Å²) in [5, 5.41) is 0. The summed E-state index contributed by atoms with van der Waals surface area (Å²) < 4.78 is 4.70. The molecule has 0 aromatic carbocycles. The summed E-state index contributed by atoms with van der Waals surface area (Å²) in [6.45, 7) is 0. The first-order valence-electron chi connectivity index (χ1n) is 2.13. The molecular weight excluding hydrogens is 108 g/mol. The van der Waals surface area contributed by atoms with Gasteiger partial charge in [-0.2, -0.15) is 4.98 Å². The van der Waals surface area contributed by atoms with Crippen molar-refractivity contribution in [1.29, 1.82) is 0 Å². The molecule has 0 bridgehead atoms. The zero-order chi connectivity index (χ0) is 5.56. The Kier molecular flexibility index (Phi) is 0.417. The number of aromatic amines is 1. The van der Waals surface area contributed by atoms with Crippen molar-refractivity contribution in [2.24, 2.45) is 0 Å². The molecule has 0 spiro atoms. The maximum absolute atomic E-state index is 10.3. The largest absolute Gasteiger partial charge is 0.430 e. The number of H-pyrrole nitrogens is 1. The lowest BCUT2D eigenvalue weighted by Crippen LogP contribution is -2.04. The van der Waals surface area contributed by atoms with E-state index in [1.807, 2.05) is 0 Å². The number of hydrogen-bond donors (Lipinski definition) is 1. The summed E-state index contributed by atoms with van der Waals surface area (Å²) in [4.78, 5) is 16.0. The van der Waals surface area contributed by atoms with Gasteiger partial charge in [0.1, 0.15) is 0 Å². The summed E-state index contributed by atoms with van der Waals surface area (Å²) in [7, 11) is 0. The SMILES string of the molecule is O=c1ncc2c([nH]1)O2. The maximum atomic E-state index is 10.3. The Morgan fingerprint density at radius 3 is 3.25 bits per heavy atom. The number of nitrogens with one attached hydrogen (secondary N) is 1. The van der Waals surface area contributed by atoms with Gasteiger partial charge < -0.3 is 4.74 Å². The van der Waals surface area contributed by atoms with E-state index in [1.165, 1.54) is 6.20 Å². The van der Waals surface area contributed by atoms with Crippen LogP contribution in [0.5, 0.6) is 11.6 Å². The highest BCUT2D eigenvalue weighted by Gasteiger charge is 2.20. The predicted octanol–water partition coefficient (Wildman–Crippen LogP) is -0.124. The molecule has 0 aliphatic carbocycles. The molecule has 1 aliphatic heterocycles. The average Bonchev–Trinajstić information content (AvgIpc) is 2.43. The normalized spacial score (nSPS) is 12.0. The molecule has 40 valence electrons. The number of nitrogens with zero attached hydrogens (tertiary/aromatic N) is 1. The molecule has 0 unspecified atom stereocenters. The topological polar surface area (TPSA) is 58.3 Å². The zero-order valence-corrected chi connectivity index (χ0v) is 3.84. The van der Waals surface area contributed by atoms with Crippen molar-refractivity contribution in [1.82, 2.24) is 9.97 Å². The van der Waals surface area contributed by atoms with Crippen molar-refractivity contribution < 1.29 is 4.74 Å². The van der Waals surface area contributed by atoms with Crippen molar-refractivity contribution in [3.05, 3.63) is 16.7 Å². The van der Waals surface area contributed by atoms with Crippen LogP contribution in [0.1, 0.15) is 0 Å². The number of hydrogen-bond acceptors (Lipinski definition) is 3. The minimum atomic E-state index is -0.360. The van der Waals surface area contributed by atoms with Gasteiger partial charge in [0.05, 0.1) is 6.20 Å². The van der Waals surface area contributed by atoms with Crippen molar-refractivity contribution in [2.45, 2.75) is 0 Å². The Morgan fingerprint density at radius 2 is 2.62 bits per heavy atom. The summed E-state index contributed by atoms with van der Waals surface area (Å²) >= 11 is 0. The highest BCUT2D eigenvalue weighted by molar-refractivity contribution is 5.45. The first-order chi connectivity index (χ1) is 3.86. The Labute approximate surface area is 44.1 Å². The van der Waals surface area contributed by atoms with E-state index in [4.69, 9.17) is 4.74 Å². The summed E-state index contributed by atoms with van der Waals surface area (Å²) in [6, 6.07) is 0. The van der Waals surface area contributed by atoms with Crippen LogP contribution in [0.3, 0.4) is 0 Å². The highest BCUT2D eigenvalue weighted by Crippen LogP contribution is 2.39. The molecule has 0 atom stereocenters. The maximum Gasteiger partial charge on any atom is 0.347 e. The van der Waals surface area contributed by atoms with Crippen molar-refractivity contribution >= 4 is 0 Å². The molecule has 0 saturated carbocycles. The van der Waals surface area contributed by atoms with E-state index < -0.39 is 0 Å². The van der Waals surface area contributed by atoms with Crippen molar-refractivity contribution in [2.75, 3.05) is 0 Å². The minimum Gasteiger partial charge on any atom is -0.430 e. The van der Waals surface area contributed by atoms with E-state index in [1.54, 1.807) is 0 Å². The fraction of sp³-hybridized carbons (Fsp3) is 0. The second-order valence-corrected chi connectivity index (χ2v) is 1.48. The van der Waals surface area contributed by atoms with Gasteiger partial charge in [0.25, 0.3) is 0 Å². The molecule has 0 amide bonds. The highest BCUT2D eigenvalue weighted by atomic mass is 16.6. The van der Waals surface area contributed by atoms with E-state index >= 15 is 0 Å². The van der Waals surface area contributed by atoms with Gasteiger partial charge in [-0.3, -0.25) is 4.98 Å². The van der Waals surface area contributed by atoms with Gasteiger partial charge in [0, 0.05) is 0 Å². The Morgan fingerprint density at radius 1 is 1.75 bits per heavy atom. The standard InChI is InChI=1S/C4H2N2O2/c7-4-5-1-2-3(6-4)8-2/h1H,(H,5,6,7). The Balaban J connectivity index is 2.81. The van der Waals surface area contributed by atoms with Crippen LogP contribution in [0.4, 0.5) is 0 Å². The van der Waals surface area contributed by atoms with E-state index in [9.17, 15) is 4.79 Å². The second-order valence-electron chi connectivity index (χ2n) is 1.48. The van der Waals surface area contributed by atoms with Crippen LogP contribution >= 0.6 is 0 Å². The van der Waals surface area contributed by atoms with Crippen LogP contribution < -0.4 is 10.4 Å². The summed E-state index contributed by atoms with van der Waals surface area (Å²) in [5.74, 6) is 1.22. The van der Waals surface area contributed by atoms with E-state index in [2.05, 4.69) is 9.97 Å². The van der Waals surface area contributed by atoms with Crippen molar-refractivity contribution in [3.63, 3.8) is 0 Å². The fourth-order valence-electron chi connectivity index (χ4n) is 0.503. The molecule has 4 heteroatoms. The third kappa shape index (κ3) is 0.339. The lowest BCUT2D eigenvalue weighted by molar-refractivity contribution is 0.633. The molecular formula is C4H2N2O2. The molecule has 2 rings (SSSR count). The van der Waals surface area contributed by atoms with Gasteiger partial charge in [-0.25, -0.2) is 4.79 Å². The van der Waals surface area contributed by atoms with Crippen molar-refractivity contribution in [3.8, 4) is 11.6 Å². The van der Waals surface area contributed by atoms with Gasteiger partial charge in [0.15, 0.2) is 0 Å². The van der Waals surface area contributed by atoms with Crippen LogP contribution in [0.25, 0.3) is 0 Å². The van der Waals surface area contributed by atoms with Gasteiger partial charge in [-0.1, -0.05) is 0 Å². The average molecular weight is 110 g/mol. The predicted molar refractivity (Wildman–Crippen MR) is 24.9 cm³/mol. The Hall–Kier alpha value is -1.32. The lowest BCUT2D eigenvalue weighted by atomic mass is 10.7. The monoisotopic (exact) mass is 110 g/mol. The quantitative estimate of drug-likeness (QED) is 0.481. The molecule has 1 aromatic heterocycles. The third-order valence-electron chi connectivity index (χ3n) is 0.914. The molecule has 8 heavy (non-hydrogen) atoms. The molecule has 1 N–H and O–H groups in total. The number of ether oxygens (including phenoxy) is 1. The van der Waals surface area contributed by atoms with E-state index in [-0.39, 0.29) is 5.69 Å². The second kappa shape index (κ2) is 0.912. The lowest BCUT2D eigenvalue weighted by Gasteiger charge is -1.65. The first kappa shape index (κ1) is 3.65. The first-order valence-corrected chi connectivity index (χ1v) is 2.13. The smallest absolute Gasteiger partial charge is 0.347 e. The fourth-order valence-corrected chi connectivity index (χ4v) is 0.503. The van der Waals surface area contributed by atoms with E-state index in [0.29, 0.717) is 11.6 Å². The van der Waals surface area contributed by atoms with Crippen LogP contribution in [-0.2, 0) is 0 Å². The molecule has 0 saturated heterocycles. The van der Waals surface area contributed by atoms with Crippen LogP contribution in [0.15, 0.2) is 11.0 Å². The minimum absolute atomic E-state index is 0.360. The van der Waals surface area contributed by atoms with Gasteiger partial charge in [-0.15, -0.1) is 0 Å². The number of rotatable bonds is 0. The summed E-state index contributed by atoms with van der Waals surface area (Å²) in [6.07, 6.45) is 1.40. The van der Waals surface area contributed by atoms with Gasteiger partial charge in [-0.05, 0) is 0 Å². The molecule has 1 aromatic rings. The van der Waals surface area contributed by atoms with Crippen LogP contribution in [0.2, 0.25) is 0 Å². The molecule has 4 nitrogen and oxygen atoms in total. The van der Waals surface area contributed by atoms with Gasteiger partial charge >= 0.3 is 5.69 Å². The molecule has 0 fully saturated rings. The number of aromatic nitrogens is 2.